The van der Waals surface area contributed by atoms with Crippen molar-refractivity contribution in [2.24, 2.45) is 5.10 Å². The highest BCUT2D eigenvalue weighted by Gasteiger charge is 2.26. The first-order valence-corrected chi connectivity index (χ1v) is 9.44. The number of rotatable bonds is 5. The number of hydrogen-bond acceptors (Lipinski definition) is 6. The number of morpholine rings is 1. The minimum atomic E-state index is -3.66. The van der Waals surface area contributed by atoms with Crippen LogP contribution in [0.25, 0.3) is 0 Å². The zero-order chi connectivity index (χ0) is 18.4. The molecule has 0 saturated carbocycles. The van der Waals surface area contributed by atoms with E-state index in [0.717, 1.165) is 0 Å². The van der Waals surface area contributed by atoms with Crippen molar-refractivity contribution in [1.29, 1.82) is 0 Å². The summed E-state index contributed by atoms with van der Waals surface area (Å²) in [6.07, 6.45) is 3.02. The molecule has 0 radical (unpaired) electrons. The topological polar surface area (TPSA) is 101 Å². The molecule has 0 atom stereocenters. The molecule has 0 aliphatic carbocycles. The van der Waals surface area contributed by atoms with Crippen LogP contribution in [0.4, 0.5) is 0 Å². The van der Waals surface area contributed by atoms with Crippen LogP contribution < -0.4 is 5.43 Å². The molecule has 3 rings (SSSR count). The predicted octanol–water partition coefficient (Wildman–Crippen LogP) is 0.866. The number of sulfonamides is 1. The Balaban J connectivity index is 1.72. The molecule has 1 saturated heterocycles. The van der Waals surface area contributed by atoms with Crippen molar-refractivity contribution in [2.75, 3.05) is 26.3 Å². The molecular formula is C17H18N4O4S. The number of hydrazone groups is 1. The van der Waals surface area contributed by atoms with Crippen molar-refractivity contribution in [1.82, 2.24) is 14.7 Å². The van der Waals surface area contributed by atoms with E-state index in [4.69, 9.17) is 4.74 Å². The van der Waals surface area contributed by atoms with E-state index in [9.17, 15) is 13.2 Å². The molecule has 2 aromatic rings. The number of carbonyl (C=O) groups is 1. The first-order chi connectivity index (χ1) is 12.6. The molecule has 8 nitrogen and oxygen atoms in total. The van der Waals surface area contributed by atoms with Gasteiger partial charge in [0, 0.05) is 24.8 Å². The van der Waals surface area contributed by atoms with E-state index in [1.54, 1.807) is 24.4 Å². The summed E-state index contributed by atoms with van der Waals surface area (Å²) in [6, 6.07) is 11.2. The molecule has 1 aromatic heterocycles. The molecule has 1 aliphatic rings. The molecule has 1 fully saturated rings. The number of nitrogens with one attached hydrogen (secondary N) is 1. The average molecular weight is 374 g/mol. The molecule has 136 valence electrons. The fraction of sp³-hybridized carbons (Fsp3) is 0.235. The zero-order valence-electron chi connectivity index (χ0n) is 13.9. The Bertz CT molecular complexity index is 894. The molecule has 0 bridgehead atoms. The average Bonchev–Trinajstić information content (AvgIpc) is 2.69. The fourth-order valence-corrected chi connectivity index (χ4v) is 3.86. The third-order valence-electron chi connectivity index (χ3n) is 3.75. The Morgan fingerprint density at radius 2 is 2.00 bits per heavy atom. The van der Waals surface area contributed by atoms with E-state index in [2.05, 4.69) is 15.5 Å². The summed E-state index contributed by atoms with van der Waals surface area (Å²) in [6.45, 7) is 1.32. The lowest BCUT2D eigenvalue weighted by Crippen LogP contribution is -2.40. The number of aromatic nitrogens is 1. The first-order valence-electron chi connectivity index (χ1n) is 8.00. The Kier molecular flexibility index (Phi) is 5.71. The first kappa shape index (κ1) is 18.2. The maximum absolute atomic E-state index is 12.7. The van der Waals surface area contributed by atoms with Crippen LogP contribution in [-0.4, -0.2) is 56.1 Å². The van der Waals surface area contributed by atoms with Gasteiger partial charge in [-0.05, 0) is 30.3 Å². The standard InChI is InChI=1S/C17H18N4O4S/c22-17(20-19-13-15-5-1-2-7-18-15)14-4-3-6-16(12-14)26(23,24)21-8-10-25-11-9-21/h1-7,12-13H,8-11H2,(H,20,22)/b19-13+. The molecule has 9 heteroatoms. The number of carbonyl (C=O) groups excluding carboxylic acids is 1. The summed E-state index contributed by atoms with van der Waals surface area (Å²) in [4.78, 5) is 16.3. The Morgan fingerprint density at radius 3 is 2.73 bits per heavy atom. The number of pyridine rings is 1. The highest BCUT2D eigenvalue weighted by atomic mass is 32.2. The highest BCUT2D eigenvalue weighted by Crippen LogP contribution is 2.18. The molecular weight excluding hydrogens is 356 g/mol. The van der Waals surface area contributed by atoms with E-state index in [1.807, 2.05) is 0 Å². The van der Waals surface area contributed by atoms with Crippen molar-refractivity contribution in [2.45, 2.75) is 4.90 Å². The summed E-state index contributed by atoms with van der Waals surface area (Å²) in [5, 5.41) is 3.84. The van der Waals surface area contributed by atoms with Gasteiger partial charge >= 0.3 is 0 Å². The lowest BCUT2D eigenvalue weighted by atomic mass is 10.2. The van der Waals surface area contributed by atoms with Crippen LogP contribution in [0.1, 0.15) is 16.1 Å². The van der Waals surface area contributed by atoms with Gasteiger partial charge in [-0.25, -0.2) is 13.8 Å². The number of benzene rings is 1. The zero-order valence-corrected chi connectivity index (χ0v) is 14.7. The number of amides is 1. The molecule has 1 aromatic carbocycles. The van der Waals surface area contributed by atoms with Gasteiger partial charge in [-0.15, -0.1) is 0 Å². The summed E-state index contributed by atoms with van der Waals surface area (Å²) in [7, 11) is -3.66. The number of nitrogens with zero attached hydrogens (tertiary/aromatic N) is 3. The van der Waals surface area contributed by atoms with Gasteiger partial charge in [0.2, 0.25) is 10.0 Å². The molecule has 1 N–H and O–H groups in total. The molecule has 0 spiro atoms. The minimum Gasteiger partial charge on any atom is -0.379 e. The van der Waals surface area contributed by atoms with Gasteiger partial charge in [0.05, 0.1) is 30.0 Å². The van der Waals surface area contributed by atoms with Gasteiger partial charge in [0.1, 0.15) is 0 Å². The van der Waals surface area contributed by atoms with Crippen LogP contribution in [0.5, 0.6) is 0 Å². The van der Waals surface area contributed by atoms with E-state index < -0.39 is 15.9 Å². The Morgan fingerprint density at radius 1 is 1.19 bits per heavy atom. The fourth-order valence-electron chi connectivity index (χ4n) is 2.41. The largest absolute Gasteiger partial charge is 0.379 e. The normalized spacial score (nSPS) is 15.8. The van der Waals surface area contributed by atoms with Crippen molar-refractivity contribution in [3.05, 3.63) is 59.9 Å². The molecule has 1 aliphatic heterocycles. The smallest absolute Gasteiger partial charge is 0.271 e. The summed E-state index contributed by atoms with van der Waals surface area (Å²) >= 11 is 0. The van der Waals surface area contributed by atoms with Gasteiger partial charge in [-0.1, -0.05) is 12.1 Å². The second kappa shape index (κ2) is 8.17. The van der Waals surface area contributed by atoms with Crippen LogP contribution >= 0.6 is 0 Å². The summed E-state index contributed by atoms with van der Waals surface area (Å²) < 4.78 is 31.9. The summed E-state index contributed by atoms with van der Waals surface area (Å²) in [5.74, 6) is -0.504. The van der Waals surface area contributed by atoms with Crippen molar-refractivity contribution in [3.8, 4) is 0 Å². The third kappa shape index (κ3) is 4.31. The van der Waals surface area contributed by atoms with Crippen LogP contribution in [0.15, 0.2) is 58.7 Å². The van der Waals surface area contributed by atoms with Gasteiger partial charge in [0.15, 0.2) is 0 Å². The third-order valence-corrected chi connectivity index (χ3v) is 5.65. The quantitative estimate of drug-likeness (QED) is 0.618. The maximum atomic E-state index is 12.7. The van der Waals surface area contributed by atoms with Gasteiger partial charge in [-0.2, -0.15) is 9.41 Å². The monoisotopic (exact) mass is 374 g/mol. The summed E-state index contributed by atoms with van der Waals surface area (Å²) in [5.41, 5.74) is 3.17. The second-order valence-corrected chi connectivity index (χ2v) is 7.44. The van der Waals surface area contributed by atoms with E-state index in [-0.39, 0.29) is 10.5 Å². The van der Waals surface area contributed by atoms with E-state index in [0.29, 0.717) is 32.0 Å². The van der Waals surface area contributed by atoms with Gasteiger partial charge in [-0.3, -0.25) is 9.78 Å². The number of ether oxygens (including phenoxy) is 1. The Labute approximate surface area is 151 Å². The second-order valence-electron chi connectivity index (χ2n) is 5.50. The lowest BCUT2D eigenvalue weighted by Gasteiger charge is -2.26. The van der Waals surface area contributed by atoms with Gasteiger partial charge in [0.25, 0.3) is 5.91 Å². The SMILES string of the molecule is O=C(N/N=C/c1ccccn1)c1cccc(S(=O)(=O)N2CCOCC2)c1. The van der Waals surface area contributed by atoms with E-state index >= 15 is 0 Å². The molecule has 2 heterocycles. The van der Waals surface area contributed by atoms with Crippen LogP contribution in [0.2, 0.25) is 0 Å². The number of hydrogen-bond donors (Lipinski definition) is 1. The molecule has 26 heavy (non-hydrogen) atoms. The van der Waals surface area contributed by atoms with Crippen molar-refractivity contribution < 1.29 is 17.9 Å². The van der Waals surface area contributed by atoms with Crippen LogP contribution in [-0.2, 0) is 14.8 Å². The van der Waals surface area contributed by atoms with Crippen molar-refractivity contribution in [3.63, 3.8) is 0 Å². The van der Waals surface area contributed by atoms with Crippen LogP contribution in [0, 0.1) is 0 Å². The van der Waals surface area contributed by atoms with E-state index in [1.165, 1.54) is 34.8 Å². The maximum Gasteiger partial charge on any atom is 0.271 e. The Hall–Kier alpha value is -2.62. The van der Waals surface area contributed by atoms with Crippen molar-refractivity contribution >= 4 is 22.1 Å². The minimum absolute atomic E-state index is 0.0701. The molecule has 0 unspecified atom stereocenters. The van der Waals surface area contributed by atoms with Gasteiger partial charge < -0.3 is 4.74 Å². The highest BCUT2D eigenvalue weighted by molar-refractivity contribution is 7.89. The predicted molar refractivity (Wildman–Crippen MR) is 95.3 cm³/mol. The lowest BCUT2D eigenvalue weighted by molar-refractivity contribution is 0.0730. The van der Waals surface area contributed by atoms with Crippen LogP contribution in [0.3, 0.4) is 0 Å². The molecule has 1 amide bonds.